The molecule has 1 aliphatic rings. The van der Waals surface area contributed by atoms with Crippen LogP contribution in [0.15, 0.2) is 35.8 Å². The molecule has 2 aromatic rings. The van der Waals surface area contributed by atoms with Gasteiger partial charge in [0.15, 0.2) is 0 Å². The molecule has 1 aliphatic heterocycles. The van der Waals surface area contributed by atoms with Crippen LogP contribution >= 0.6 is 11.3 Å². The lowest BCUT2D eigenvalue weighted by Gasteiger charge is -2.16. The van der Waals surface area contributed by atoms with Gasteiger partial charge in [-0.25, -0.2) is 4.98 Å². The summed E-state index contributed by atoms with van der Waals surface area (Å²) in [4.78, 5) is 8.28. The highest BCUT2D eigenvalue weighted by Crippen LogP contribution is 2.18. The molecule has 0 aliphatic carbocycles. The Hall–Kier alpha value is -1.90. The van der Waals surface area contributed by atoms with Gasteiger partial charge < -0.3 is 10.2 Å². The zero-order valence-corrected chi connectivity index (χ0v) is 13.4. The monoisotopic (exact) mass is 312 g/mol. The van der Waals surface area contributed by atoms with Crippen LogP contribution < -0.4 is 5.32 Å². The number of thiophene rings is 1. The summed E-state index contributed by atoms with van der Waals surface area (Å²) in [6.45, 7) is 4.47. The summed E-state index contributed by atoms with van der Waals surface area (Å²) in [5.74, 6) is 1.54. The van der Waals surface area contributed by atoms with E-state index in [1.165, 1.54) is 17.8 Å². The van der Waals surface area contributed by atoms with E-state index in [-0.39, 0.29) is 0 Å². The highest BCUT2D eigenvalue weighted by atomic mass is 32.1. The smallest absolute Gasteiger partial charge is 0.125 e. The molecule has 0 saturated carbocycles. The van der Waals surface area contributed by atoms with E-state index in [9.17, 15) is 0 Å². The number of nitriles is 1. The van der Waals surface area contributed by atoms with E-state index in [1.807, 2.05) is 17.4 Å². The maximum atomic E-state index is 8.76. The van der Waals surface area contributed by atoms with E-state index in [0.29, 0.717) is 11.5 Å². The first kappa shape index (κ1) is 15.0. The Balaban J connectivity index is 1.40. The van der Waals surface area contributed by atoms with Crippen LogP contribution in [0.25, 0.3) is 0 Å². The van der Waals surface area contributed by atoms with Gasteiger partial charge in [0.2, 0.25) is 0 Å². The first-order valence-corrected chi connectivity index (χ1v) is 8.56. The molecule has 1 atom stereocenters. The topological polar surface area (TPSA) is 52.0 Å². The van der Waals surface area contributed by atoms with Gasteiger partial charge in [0.25, 0.3) is 0 Å². The normalized spacial score (nSPS) is 18.2. The number of nitrogens with zero attached hydrogens (tertiary/aromatic N) is 3. The van der Waals surface area contributed by atoms with Gasteiger partial charge >= 0.3 is 0 Å². The number of rotatable bonds is 6. The minimum absolute atomic E-state index is 0.603. The Bertz CT molecular complexity index is 615. The number of hydrogen-bond donors (Lipinski definition) is 1. The summed E-state index contributed by atoms with van der Waals surface area (Å²) in [5.41, 5.74) is 0.603. The number of hydrogen-bond acceptors (Lipinski definition) is 5. The van der Waals surface area contributed by atoms with Crippen molar-refractivity contribution in [1.82, 2.24) is 9.88 Å². The summed E-state index contributed by atoms with van der Waals surface area (Å²) >= 11 is 1.85. The van der Waals surface area contributed by atoms with Crippen molar-refractivity contribution in [2.24, 2.45) is 5.92 Å². The second-order valence-electron chi connectivity index (χ2n) is 5.71. The molecule has 0 amide bonds. The van der Waals surface area contributed by atoms with Gasteiger partial charge in [0, 0.05) is 30.7 Å². The predicted molar refractivity (Wildman–Crippen MR) is 90.0 cm³/mol. The van der Waals surface area contributed by atoms with Crippen LogP contribution in [0, 0.1) is 17.2 Å². The van der Waals surface area contributed by atoms with Gasteiger partial charge in [-0.1, -0.05) is 6.07 Å². The largest absolute Gasteiger partial charge is 0.370 e. The zero-order valence-electron chi connectivity index (χ0n) is 12.5. The van der Waals surface area contributed by atoms with Crippen LogP contribution in [0.5, 0.6) is 0 Å². The average Bonchev–Trinajstić information content (AvgIpc) is 3.23. The molecule has 3 heterocycles. The Morgan fingerprint density at radius 3 is 3.09 bits per heavy atom. The summed E-state index contributed by atoms with van der Waals surface area (Å²) in [6.07, 6.45) is 4.02. The molecule has 2 aromatic heterocycles. The Morgan fingerprint density at radius 2 is 2.36 bits per heavy atom. The van der Waals surface area contributed by atoms with Crippen molar-refractivity contribution in [3.05, 3.63) is 46.3 Å². The lowest BCUT2D eigenvalue weighted by Crippen LogP contribution is -2.25. The number of nitrogens with one attached hydrogen (secondary N) is 1. The van der Waals surface area contributed by atoms with Crippen molar-refractivity contribution in [3.63, 3.8) is 0 Å². The molecule has 1 saturated heterocycles. The third-order valence-corrected chi connectivity index (χ3v) is 5.03. The molecule has 5 heteroatoms. The second kappa shape index (κ2) is 7.39. The lowest BCUT2D eigenvalue weighted by molar-refractivity contribution is 0.331. The van der Waals surface area contributed by atoms with Gasteiger partial charge in [-0.15, -0.1) is 11.3 Å². The lowest BCUT2D eigenvalue weighted by atomic mass is 10.1. The Labute approximate surface area is 135 Å². The van der Waals surface area contributed by atoms with Gasteiger partial charge in [-0.3, -0.25) is 0 Å². The summed E-state index contributed by atoms with van der Waals surface area (Å²) in [7, 11) is 0. The van der Waals surface area contributed by atoms with E-state index in [0.717, 1.165) is 31.9 Å². The fourth-order valence-corrected chi connectivity index (χ4v) is 3.52. The van der Waals surface area contributed by atoms with Crippen LogP contribution in [0.4, 0.5) is 5.82 Å². The standard InChI is InChI=1S/C17H20N4S/c18-10-14-3-4-17(19-11-14)20-12-15-5-7-21(13-15)8-6-16-2-1-9-22-16/h1-4,9,11,15H,5-8,12-13H2,(H,19,20). The molecule has 0 spiro atoms. The third kappa shape index (κ3) is 4.06. The number of pyridine rings is 1. The maximum Gasteiger partial charge on any atom is 0.125 e. The molecular formula is C17H20N4S. The van der Waals surface area contributed by atoms with E-state index >= 15 is 0 Å². The molecule has 1 fully saturated rings. The number of aromatic nitrogens is 1. The molecular weight excluding hydrogens is 292 g/mol. The van der Waals surface area contributed by atoms with Crippen LogP contribution in [0.2, 0.25) is 0 Å². The quantitative estimate of drug-likeness (QED) is 0.891. The zero-order chi connectivity index (χ0) is 15.2. The predicted octanol–water partition coefficient (Wildman–Crippen LogP) is 2.99. The minimum atomic E-state index is 0.603. The van der Waals surface area contributed by atoms with Crippen LogP contribution in [0.1, 0.15) is 16.9 Å². The first-order chi connectivity index (χ1) is 10.8. The fourth-order valence-electron chi connectivity index (χ4n) is 2.82. The van der Waals surface area contributed by atoms with E-state index in [4.69, 9.17) is 5.26 Å². The van der Waals surface area contributed by atoms with Crippen molar-refractivity contribution in [3.8, 4) is 6.07 Å². The molecule has 1 N–H and O–H groups in total. The van der Waals surface area contributed by atoms with E-state index in [2.05, 4.69) is 38.8 Å². The van der Waals surface area contributed by atoms with Gasteiger partial charge in [-0.05, 0) is 48.9 Å². The number of likely N-dealkylation sites (tertiary alicyclic amines) is 1. The molecule has 1 unspecified atom stereocenters. The molecule has 0 aromatic carbocycles. The highest BCUT2D eigenvalue weighted by molar-refractivity contribution is 7.09. The fraction of sp³-hybridized carbons (Fsp3) is 0.412. The molecule has 0 bridgehead atoms. The average molecular weight is 312 g/mol. The van der Waals surface area contributed by atoms with E-state index < -0.39 is 0 Å². The van der Waals surface area contributed by atoms with Crippen LogP contribution in [-0.4, -0.2) is 36.1 Å². The Kier molecular flexibility index (Phi) is 5.04. The van der Waals surface area contributed by atoms with Crippen molar-refractivity contribution >= 4 is 17.2 Å². The van der Waals surface area contributed by atoms with Crippen LogP contribution in [0.3, 0.4) is 0 Å². The van der Waals surface area contributed by atoms with Gasteiger partial charge in [-0.2, -0.15) is 5.26 Å². The molecule has 114 valence electrons. The molecule has 22 heavy (non-hydrogen) atoms. The summed E-state index contributed by atoms with van der Waals surface area (Å²) < 4.78 is 0. The highest BCUT2D eigenvalue weighted by Gasteiger charge is 2.21. The second-order valence-corrected chi connectivity index (χ2v) is 6.74. The maximum absolute atomic E-state index is 8.76. The summed E-state index contributed by atoms with van der Waals surface area (Å²) in [5, 5.41) is 14.3. The SMILES string of the molecule is N#Cc1ccc(NCC2CCN(CCc3cccs3)C2)nc1. The Morgan fingerprint density at radius 1 is 1.41 bits per heavy atom. The van der Waals surface area contributed by atoms with Gasteiger partial charge in [0.05, 0.1) is 5.56 Å². The molecule has 3 rings (SSSR count). The molecule has 4 nitrogen and oxygen atoms in total. The van der Waals surface area contributed by atoms with Crippen LogP contribution in [-0.2, 0) is 6.42 Å². The van der Waals surface area contributed by atoms with Crippen molar-refractivity contribution in [2.45, 2.75) is 12.8 Å². The van der Waals surface area contributed by atoms with Crippen molar-refractivity contribution in [1.29, 1.82) is 5.26 Å². The molecule has 0 radical (unpaired) electrons. The number of anilines is 1. The summed E-state index contributed by atoms with van der Waals surface area (Å²) in [6, 6.07) is 10.1. The van der Waals surface area contributed by atoms with Crippen molar-refractivity contribution in [2.75, 3.05) is 31.5 Å². The van der Waals surface area contributed by atoms with Gasteiger partial charge in [0.1, 0.15) is 11.9 Å². The minimum Gasteiger partial charge on any atom is -0.370 e. The first-order valence-electron chi connectivity index (χ1n) is 7.68. The third-order valence-electron chi connectivity index (χ3n) is 4.09. The van der Waals surface area contributed by atoms with Crippen molar-refractivity contribution < 1.29 is 0 Å². The van der Waals surface area contributed by atoms with E-state index in [1.54, 1.807) is 12.3 Å².